The molecule has 6 nitrogen and oxygen atoms in total. The predicted octanol–water partition coefficient (Wildman–Crippen LogP) is 1.00. The summed E-state index contributed by atoms with van der Waals surface area (Å²) in [6.07, 6.45) is 1.37. The summed E-state index contributed by atoms with van der Waals surface area (Å²) in [6.45, 7) is 4.22. The number of rotatable bonds is 4. The molecule has 1 atom stereocenters. The third kappa shape index (κ3) is 3.05. The molecule has 0 N–H and O–H groups in total. The fourth-order valence-electron chi connectivity index (χ4n) is 1.44. The maximum Gasteiger partial charge on any atom is 0.367 e. The Morgan fingerprint density at radius 3 is 2.53 bits per heavy atom. The van der Waals surface area contributed by atoms with E-state index in [0.717, 1.165) is 10.2 Å². The molecule has 1 aromatic carbocycles. The molecule has 0 amide bonds. The van der Waals surface area contributed by atoms with Crippen LogP contribution in [0.1, 0.15) is 12.5 Å². The van der Waals surface area contributed by atoms with Gasteiger partial charge in [-0.2, -0.15) is 9.36 Å². The van der Waals surface area contributed by atoms with E-state index in [2.05, 4.69) is 10.4 Å². The molecule has 0 radical (unpaired) electrons. The van der Waals surface area contributed by atoms with Crippen LogP contribution in [-0.2, 0) is 17.3 Å². The third-order valence-electron chi connectivity index (χ3n) is 2.54. The van der Waals surface area contributed by atoms with E-state index in [1.807, 2.05) is 19.1 Å². The summed E-state index contributed by atoms with van der Waals surface area (Å²) in [5.41, 5.74) is 0.756. The highest BCUT2D eigenvalue weighted by molar-refractivity contribution is 7.88. The normalized spacial score (nSPS) is 12.9. The Labute approximate surface area is 112 Å². The van der Waals surface area contributed by atoms with Gasteiger partial charge in [0.1, 0.15) is 0 Å². The van der Waals surface area contributed by atoms with E-state index in [1.54, 1.807) is 19.1 Å². The first-order chi connectivity index (χ1) is 9.11. The second kappa shape index (κ2) is 5.75. The molecule has 0 fully saturated rings. The molecule has 0 bridgehead atoms. The van der Waals surface area contributed by atoms with Gasteiger partial charge in [-0.25, -0.2) is 9.00 Å². The molecule has 0 aliphatic carbocycles. The quantitative estimate of drug-likeness (QED) is 0.836. The molecule has 19 heavy (non-hydrogen) atoms. The average molecular weight is 278 g/mol. The summed E-state index contributed by atoms with van der Waals surface area (Å²) in [4.78, 5) is 12.3. The summed E-state index contributed by atoms with van der Waals surface area (Å²) in [6, 6.07) is 7.37. The van der Waals surface area contributed by atoms with Crippen molar-refractivity contribution in [1.82, 2.24) is 19.8 Å². The van der Waals surface area contributed by atoms with Crippen LogP contribution >= 0.6 is 0 Å². The number of hydrogen-bond acceptors (Lipinski definition) is 4. The van der Waals surface area contributed by atoms with Gasteiger partial charge in [0, 0.05) is 23.0 Å². The highest BCUT2D eigenvalue weighted by Gasteiger charge is 2.03. The monoisotopic (exact) mass is 278 g/mol. The van der Waals surface area contributed by atoms with E-state index in [-0.39, 0.29) is 5.69 Å². The third-order valence-corrected chi connectivity index (χ3v) is 3.65. The molecular weight excluding hydrogens is 264 g/mol. The lowest BCUT2D eigenvalue weighted by Crippen LogP contribution is -2.21. The minimum Gasteiger partial charge on any atom is -0.250 e. The van der Waals surface area contributed by atoms with Gasteiger partial charge < -0.3 is 0 Å². The molecule has 1 heterocycles. The van der Waals surface area contributed by atoms with Gasteiger partial charge in [0.15, 0.2) is 0 Å². The van der Waals surface area contributed by atoms with Crippen LogP contribution in [0.15, 0.2) is 39.4 Å². The van der Waals surface area contributed by atoms with Crippen molar-refractivity contribution in [2.45, 2.75) is 25.3 Å². The van der Waals surface area contributed by atoms with E-state index >= 15 is 0 Å². The second-order valence-electron chi connectivity index (χ2n) is 3.92. The van der Waals surface area contributed by atoms with E-state index in [4.69, 9.17) is 0 Å². The van der Waals surface area contributed by atoms with Gasteiger partial charge in [0.05, 0.1) is 10.8 Å². The summed E-state index contributed by atoms with van der Waals surface area (Å²) in [7, 11) is -1.31. The Morgan fingerprint density at radius 1 is 1.26 bits per heavy atom. The Bertz CT molecular complexity index is 670. The maximum absolute atomic E-state index is 12.0. The smallest absolute Gasteiger partial charge is 0.250 e. The Morgan fingerprint density at radius 2 is 1.95 bits per heavy atom. The molecule has 1 aromatic heterocycles. The maximum atomic E-state index is 12.0. The number of aryl methyl sites for hydroxylation is 2. The molecule has 0 saturated carbocycles. The second-order valence-corrected chi connectivity index (χ2v) is 5.26. The predicted molar refractivity (Wildman–Crippen MR) is 72.9 cm³/mol. The first kappa shape index (κ1) is 13.4. The van der Waals surface area contributed by atoms with Crippen LogP contribution in [0.5, 0.6) is 0 Å². The molecule has 0 aliphatic heterocycles. The zero-order valence-corrected chi connectivity index (χ0v) is 11.5. The molecule has 0 aliphatic rings. The van der Waals surface area contributed by atoms with Crippen LogP contribution in [0.2, 0.25) is 0 Å². The van der Waals surface area contributed by atoms with E-state index in [1.165, 1.54) is 16.3 Å². The molecule has 2 rings (SSSR count). The van der Waals surface area contributed by atoms with E-state index in [0.29, 0.717) is 11.4 Å². The van der Waals surface area contributed by atoms with Crippen molar-refractivity contribution in [3.8, 4) is 0 Å². The average Bonchev–Trinajstić information content (AvgIpc) is 2.77. The fourth-order valence-corrected chi connectivity index (χ4v) is 2.23. The van der Waals surface area contributed by atoms with Gasteiger partial charge >= 0.3 is 5.69 Å². The fraction of sp³-hybridized carbons (Fsp3) is 0.250. The van der Waals surface area contributed by atoms with Crippen molar-refractivity contribution in [3.63, 3.8) is 0 Å². The van der Waals surface area contributed by atoms with Crippen molar-refractivity contribution in [2.24, 2.45) is 0 Å². The summed E-state index contributed by atoms with van der Waals surface area (Å²) in [5.74, 6) is 0. The van der Waals surface area contributed by atoms with Crippen LogP contribution in [-0.4, -0.2) is 24.0 Å². The van der Waals surface area contributed by atoms with Gasteiger partial charge in [-0.1, -0.05) is 17.7 Å². The highest BCUT2D eigenvalue weighted by atomic mass is 32.2. The lowest BCUT2D eigenvalue weighted by Gasteiger charge is -1.97. The number of hydrogen-bond donors (Lipinski definition) is 0. The van der Waals surface area contributed by atoms with Gasteiger partial charge in [-0.15, -0.1) is 0 Å². The zero-order valence-electron chi connectivity index (χ0n) is 10.7. The van der Waals surface area contributed by atoms with Crippen LogP contribution < -0.4 is 5.69 Å². The molecule has 1 unspecified atom stereocenters. The van der Waals surface area contributed by atoms with Crippen molar-refractivity contribution >= 4 is 17.0 Å². The standard InChI is InChI=1S/C12H14N4O2S/c1-3-15-12(17)16(14-13-15)8-9-19(18)11-6-4-10(2)5-7-11/h4-9H,3H2,1-2H3/b9-8+. The number of aromatic nitrogens is 4. The van der Waals surface area contributed by atoms with Crippen LogP contribution in [0.25, 0.3) is 6.20 Å². The van der Waals surface area contributed by atoms with Gasteiger partial charge in [0.2, 0.25) is 0 Å². The topological polar surface area (TPSA) is 69.8 Å². The van der Waals surface area contributed by atoms with Crippen molar-refractivity contribution in [2.75, 3.05) is 0 Å². The number of benzene rings is 1. The molecular formula is C12H14N4O2S. The van der Waals surface area contributed by atoms with Crippen LogP contribution in [0.3, 0.4) is 0 Å². The largest absolute Gasteiger partial charge is 0.367 e. The highest BCUT2D eigenvalue weighted by Crippen LogP contribution is 2.09. The minimum atomic E-state index is -1.31. The van der Waals surface area contributed by atoms with Crippen molar-refractivity contribution in [3.05, 3.63) is 45.7 Å². The zero-order chi connectivity index (χ0) is 13.8. The van der Waals surface area contributed by atoms with E-state index in [9.17, 15) is 9.00 Å². The molecule has 7 heteroatoms. The van der Waals surface area contributed by atoms with E-state index < -0.39 is 10.8 Å². The Kier molecular flexibility index (Phi) is 4.06. The lowest BCUT2D eigenvalue weighted by molar-refractivity contribution is 0.609. The molecule has 2 aromatic rings. The molecule has 0 spiro atoms. The van der Waals surface area contributed by atoms with Crippen molar-refractivity contribution < 1.29 is 4.21 Å². The van der Waals surface area contributed by atoms with Gasteiger partial charge in [-0.3, -0.25) is 0 Å². The minimum absolute atomic E-state index is 0.348. The van der Waals surface area contributed by atoms with Gasteiger partial charge in [-0.05, 0) is 36.4 Å². The van der Waals surface area contributed by atoms with Crippen molar-refractivity contribution in [1.29, 1.82) is 0 Å². The lowest BCUT2D eigenvalue weighted by atomic mass is 10.2. The number of tetrazole rings is 1. The SMILES string of the molecule is CCn1nnn(/C=C/S(=O)c2ccc(C)cc2)c1=O. The van der Waals surface area contributed by atoms with Gasteiger partial charge in [0.25, 0.3) is 0 Å². The summed E-state index contributed by atoms with van der Waals surface area (Å²) in [5, 5.41) is 8.74. The first-order valence-electron chi connectivity index (χ1n) is 5.79. The summed E-state index contributed by atoms with van der Waals surface area (Å²) < 4.78 is 14.3. The van der Waals surface area contributed by atoms with Crippen LogP contribution in [0, 0.1) is 6.92 Å². The number of nitrogens with zero attached hydrogens (tertiary/aromatic N) is 4. The first-order valence-corrected chi connectivity index (χ1v) is 7.01. The Balaban J connectivity index is 2.18. The molecule has 0 saturated heterocycles. The Hall–Kier alpha value is -2.02. The molecule has 100 valence electrons. The summed E-state index contributed by atoms with van der Waals surface area (Å²) >= 11 is 0. The van der Waals surface area contributed by atoms with Crippen LogP contribution in [0.4, 0.5) is 0 Å².